The molecule has 1 aliphatic rings. The van der Waals surface area contributed by atoms with Crippen molar-refractivity contribution in [3.05, 3.63) is 30.1 Å². The van der Waals surface area contributed by atoms with Gasteiger partial charge >= 0.3 is 0 Å². The molecule has 1 aromatic rings. The summed E-state index contributed by atoms with van der Waals surface area (Å²) >= 11 is 0. The maximum absolute atomic E-state index is 5.51. The molecule has 0 aromatic carbocycles. The molecule has 0 aliphatic carbocycles. The Morgan fingerprint density at radius 1 is 1.62 bits per heavy atom. The molecule has 2 unspecified atom stereocenters. The van der Waals surface area contributed by atoms with Gasteiger partial charge in [-0.2, -0.15) is 0 Å². The molecule has 1 aromatic heterocycles. The van der Waals surface area contributed by atoms with E-state index in [0.29, 0.717) is 13.2 Å². The summed E-state index contributed by atoms with van der Waals surface area (Å²) in [7, 11) is 0. The summed E-state index contributed by atoms with van der Waals surface area (Å²) in [6.07, 6.45) is 3.19. The van der Waals surface area contributed by atoms with Crippen LogP contribution in [0.15, 0.2) is 24.5 Å². The van der Waals surface area contributed by atoms with Crippen molar-refractivity contribution >= 4 is 0 Å². The van der Waals surface area contributed by atoms with E-state index in [1.54, 1.807) is 12.4 Å². The Balaban J connectivity index is 2.04. The molecule has 0 spiro atoms. The Morgan fingerprint density at radius 3 is 3.15 bits per heavy atom. The lowest BCUT2D eigenvalue weighted by Gasteiger charge is -2.09. The smallest absolute Gasteiger partial charge is 0.185 e. The lowest BCUT2D eigenvalue weighted by Crippen LogP contribution is -2.21. The number of hydrogen-bond acceptors (Lipinski definition) is 4. The molecule has 70 valence electrons. The highest BCUT2D eigenvalue weighted by molar-refractivity contribution is 5.10. The van der Waals surface area contributed by atoms with Crippen LogP contribution in [0.4, 0.5) is 0 Å². The molecular weight excluding hydrogens is 168 g/mol. The molecule has 4 heteroatoms. The minimum atomic E-state index is -0.290. The predicted octanol–water partition coefficient (Wildman–Crippen LogP) is 0.454. The Morgan fingerprint density at radius 2 is 2.54 bits per heavy atom. The van der Waals surface area contributed by atoms with Gasteiger partial charge in [0.05, 0.1) is 12.7 Å². The van der Waals surface area contributed by atoms with Crippen molar-refractivity contribution in [2.24, 2.45) is 5.73 Å². The minimum absolute atomic E-state index is 0.0187. The lowest BCUT2D eigenvalue weighted by atomic mass is 10.3. The average Bonchev–Trinajstić information content (AvgIpc) is 2.67. The molecule has 2 N–H and O–H groups in total. The van der Waals surface area contributed by atoms with E-state index in [1.165, 1.54) is 0 Å². The van der Waals surface area contributed by atoms with Crippen molar-refractivity contribution in [3.8, 4) is 0 Å². The maximum atomic E-state index is 5.51. The van der Waals surface area contributed by atoms with Crippen LogP contribution in [0.25, 0.3) is 0 Å². The van der Waals surface area contributed by atoms with Gasteiger partial charge < -0.3 is 15.2 Å². The molecule has 1 aliphatic heterocycles. The van der Waals surface area contributed by atoms with E-state index in [-0.39, 0.29) is 12.4 Å². The van der Waals surface area contributed by atoms with Gasteiger partial charge in [-0.05, 0) is 6.07 Å². The van der Waals surface area contributed by atoms with Crippen LogP contribution in [-0.2, 0) is 9.47 Å². The van der Waals surface area contributed by atoms with Crippen LogP contribution in [0, 0.1) is 0 Å². The number of aromatic nitrogens is 1. The second kappa shape index (κ2) is 3.83. The third-order valence-electron chi connectivity index (χ3n) is 1.97. The molecule has 13 heavy (non-hydrogen) atoms. The molecule has 0 saturated carbocycles. The fourth-order valence-corrected chi connectivity index (χ4v) is 1.26. The van der Waals surface area contributed by atoms with E-state index in [0.717, 1.165) is 5.56 Å². The van der Waals surface area contributed by atoms with Crippen molar-refractivity contribution in [1.29, 1.82) is 0 Å². The van der Waals surface area contributed by atoms with E-state index in [9.17, 15) is 0 Å². The van der Waals surface area contributed by atoms with Gasteiger partial charge in [0, 0.05) is 24.5 Å². The van der Waals surface area contributed by atoms with Gasteiger partial charge in [0.25, 0.3) is 0 Å². The van der Waals surface area contributed by atoms with Crippen molar-refractivity contribution in [2.75, 3.05) is 13.2 Å². The zero-order valence-electron chi connectivity index (χ0n) is 7.22. The number of pyridine rings is 1. The van der Waals surface area contributed by atoms with Crippen LogP contribution in [0.2, 0.25) is 0 Å². The van der Waals surface area contributed by atoms with Crippen molar-refractivity contribution < 1.29 is 9.47 Å². The maximum Gasteiger partial charge on any atom is 0.185 e. The molecule has 2 heterocycles. The van der Waals surface area contributed by atoms with E-state index in [1.807, 2.05) is 12.1 Å². The number of nitrogens with zero attached hydrogens (tertiary/aromatic N) is 1. The third kappa shape index (κ3) is 1.85. The summed E-state index contributed by atoms with van der Waals surface area (Å²) in [5.74, 6) is 0. The zero-order valence-corrected chi connectivity index (χ0v) is 7.22. The van der Waals surface area contributed by atoms with Crippen LogP contribution in [0.3, 0.4) is 0 Å². The standard InChI is InChI=1S/C9H12N2O2/c10-4-8-6-12-9(13-8)7-2-1-3-11-5-7/h1-3,5,8-9H,4,6,10H2. The highest BCUT2D eigenvalue weighted by atomic mass is 16.7. The summed E-state index contributed by atoms with van der Waals surface area (Å²) in [5, 5.41) is 0. The van der Waals surface area contributed by atoms with E-state index < -0.39 is 0 Å². The lowest BCUT2D eigenvalue weighted by molar-refractivity contribution is -0.0587. The number of hydrogen-bond donors (Lipinski definition) is 1. The average molecular weight is 180 g/mol. The fraction of sp³-hybridized carbons (Fsp3) is 0.444. The zero-order chi connectivity index (χ0) is 9.10. The molecule has 0 amide bonds. The van der Waals surface area contributed by atoms with Crippen LogP contribution in [-0.4, -0.2) is 24.2 Å². The SMILES string of the molecule is NCC1COC(c2cccnc2)O1. The topological polar surface area (TPSA) is 57.4 Å². The first-order valence-electron chi connectivity index (χ1n) is 4.27. The van der Waals surface area contributed by atoms with Crippen LogP contribution in [0.1, 0.15) is 11.9 Å². The molecule has 0 radical (unpaired) electrons. The minimum Gasteiger partial charge on any atom is -0.346 e. The molecule has 2 rings (SSSR count). The normalized spacial score (nSPS) is 27.8. The fourth-order valence-electron chi connectivity index (χ4n) is 1.26. The summed E-state index contributed by atoms with van der Waals surface area (Å²) in [4.78, 5) is 3.99. The summed E-state index contributed by atoms with van der Waals surface area (Å²) in [6, 6.07) is 3.79. The Kier molecular flexibility index (Phi) is 2.54. The summed E-state index contributed by atoms with van der Waals surface area (Å²) in [6.45, 7) is 1.06. The first-order chi connectivity index (χ1) is 6.40. The highest BCUT2D eigenvalue weighted by Crippen LogP contribution is 2.25. The molecule has 2 atom stereocenters. The van der Waals surface area contributed by atoms with Crippen LogP contribution in [0.5, 0.6) is 0 Å². The molecule has 0 bridgehead atoms. The second-order valence-corrected chi connectivity index (χ2v) is 2.95. The third-order valence-corrected chi connectivity index (χ3v) is 1.97. The van der Waals surface area contributed by atoms with Crippen molar-refractivity contribution in [3.63, 3.8) is 0 Å². The molecule has 4 nitrogen and oxygen atoms in total. The first kappa shape index (κ1) is 8.62. The van der Waals surface area contributed by atoms with E-state index >= 15 is 0 Å². The van der Waals surface area contributed by atoms with Gasteiger partial charge in [0.15, 0.2) is 6.29 Å². The van der Waals surface area contributed by atoms with Gasteiger partial charge in [-0.15, -0.1) is 0 Å². The van der Waals surface area contributed by atoms with Gasteiger partial charge in [-0.3, -0.25) is 4.98 Å². The first-order valence-corrected chi connectivity index (χ1v) is 4.27. The van der Waals surface area contributed by atoms with Crippen LogP contribution >= 0.6 is 0 Å². The monoisotopic (exact) mass is 180 g/mol. The van der Waals surface area contributed by atoms with E-state index in [2.05, 4.69) is 4.98 Å². The van der Waals surface area contributed by atoms with Gasteiger partial charge in [-0.1, -0.05) is 6.07 Å². The number of nitrogens with two attached hydrogens (primary N) is 1. The molecular formula is C9H12N2O2. The highest BCUT2D eigenvalue weighted by Gasteiger charge is 2.25. The Labute approximate surface area is 76.7 Å². The second-order valence-electron chi connectivity index (χ2n) is 2.95. The Bertz CT molecular complexity index is 266. The van der Waals surface area contributed by atoms with Crippen molar-refractivity contribution in [2.45, 2.75) is 12.4 Å². The number of rotatable bonds is 2. The Hall–Kier alpha value is -0.970. The van der Waals surface area contributed by atoms with Gasteiger partial charge in [-0.25, -0.2) is 0 Å². The van der Waals surface area contributed by atoms with Crippen molar-refractivity contribution in [1.82, 2.24) is 4.98 Å². The van der Waals surface area contributed by atoms with Crippen LogP contribution < -0.4 is 5.73 Å². The summed E-state index contributed by atoms with van der Waals surface area (Å²) < 4.78 is 10.9. The summed E-state index contributed by atoms with van der Waals surface area (Å²) in [5.41, 5.74) is 6.40. The predicted molar refractivity (Wildman–Crippen MR) is 46.9 cm³/mol. The van der Waals surface area contributed by atoms with E-state index in [4.69, 9.17) is 15.2 Å². The largest absolute Gasteiger partial charge is 0.346 e. The van der Waals surface area contributed by atoms with Gasteiger partial charge in [0.2, 0.25) is 0 Å². The quantitative estimate of drug-likeness (QED) is 0.718. The molecule has 1 fully saturated rings. The molecule has 1 saturated heterocycles. The van der Waals surface area contributed by atoms with Gasteiger partial charge in [0.1, 0.15) is 0 Å². The number of ether oxygens (including phenoxy) is 2.